The molecule has 1 atom stereocenters. The van der Waals surface area contributed by atoms with Crippen molar-refractivity contribution in [2.75, 3.05) is 57.0 Å². The molecule has 5 aliphatic rings. The molecule has 16 nitrogen and oxygen atoms in total. The fourth-order valence-electron chi connectivity index (χ4n) is 9.42. The van der Waals surface area contributed by atoms with E-state index in [4.69, 9.17) is 20.3 Å². The Labute approximate surface area is 349 Å². The van der Waals surface area contributed by atoms with E-state index in [2.05, 4.69) is 30.0 Å². The Bertz CT molecular complexity index is 2610. The summed E-state index contributed by atoms with van der Waals surface area (Å²) in [5.41, 5.74) is 10.1. The molecule has 10 rings (SSSR count). The van der Waals surface area contributed by atoms with Crippen LogP contribution in [0.2, 0.25) is 0 Å². The quantitative estimate of drug-likeness (QED) is 0.202. The maximum atomic E-state index is 14.7. The molecule has 1 unspecified atom stereocenters. The summed E-state index contributed by atoms with van der Waals surface area (Å²) in [7, 11) is 1.41. The first kappa shape index (κ1) is 38.5. The number of nitrogens with one attached hydrogen (secondary N) is 1. The fourth-order valence-corrected chi connectivity index (χ4v) is 9.42. The van der Waals surface area contributed by atoms with E-state index in [9.17, 15) is 23.6 Å². The molecule has 2 saturated heterocycles. The van der Waals surface area contributed by atoms with E-state index >= 15 is 0 Å². The number of piperazine rings is 1. The summed E-state index contributed by atoms with van der Waals surface area (Å²) >= 11 is 0. The van der Waals surface area contributed by atoms with Gasteiger partial charge in [-0.25, -0.2) is 14.6 Å². The van der Waals surface area contributed by atoms with Crippen molar-refractivity contribution in [3.8, 4) is 28.5 Å². The highest BCUT2D eigenvalue weighted by molar-refractivity contribution is 6.24. The van der Waals surface area contributed by atoms with Crippen LogP contribution in [0.4, 0.5) is 15.9 Å². The van der Waals surface area contributed by atoms with Crippen LogP contribution >= 0.6 is 0 Å². The number of amides is 4. The molecule has 1 aliphatic carbocycles. The van der Waals surface area contributed by atoms with Crippen molar-refractivity contribution in [2.45, 2.75) is 49.9 Å². The van der Waals surface area contributed by atoms with Crippen LogP contribution < -0.4 is 25.4 Å². The van der Waals surface area contributed by atoms with Gasteiger partial charge in [-0.1, -0.05) is 6.07 Å². The lowest BCUT2D eigenvalue weighted by molar-refractivity contribution is -0.130. The lowest BCUT2D eigenvalue weighted by atomic mass is 9.89. The Morgan fingerprint density at radius 2 is 1.49 bits per heavy atom. The second-order valence-corrected chi connectivity index (χ2v) is 16.1. The standard InChI is InChI=1S/C44H43FN10O6/c1-60-34-3-2-4-35(38(34)45)61-30-12-5-25(6-13-30)39-37-40(46)47-24-48-41(37)55(50-39)27-9-7-26(8-10-27)51-17-19-52(20-18-51)29-22-53(23-29)28-11-14-31-32(21-28)44(59)54(43(31)58)33-15-16-36(56)49-42(33)57/h2-6,11-16,21,24,26-27,29,33H,7-10,17-20,22-23H2,1H3,(H2,46,47,48)(H,49,56,57). The minimum atomic E-state index is -1.16. The van der Waals surface area contributed by atoms with E-state index < -0.39 is 35.5 Å². The molecule has 6 heterocycles. The van der Waals surface area contributed by atoms with Crippen LogP contribution in [-0.2, 0) is 9.59 Å². The Hall–Kier alpha value is -6.72. The second-order valence-electron chi connectivity index (χ2n) is 16.1. The van der Waals surface area contributed by atoms with Crippen LogP contribution in [0.25, 0.3) is 22.3 Å². The van der Waals surface area contributed by atoms with Crippen LogP contribution in [0.5, 0.6) is 17.2 Å². The molecule has 17 heteroatoms. The molecule has 1 saturated carbocycles. The maximum absolute atomic E-state index is 14.7. The summed E-state index contributed by atoms with van der Waals surface area (Å²) in [5, 5.41) is 7.95. The van der Waals surface area contributed by atoms with Crippen molar-refractivity contribution in [3.05, 3.63) is 96.1 Å². The highest BCUT2D eigenvalue weighted by Crippen LogP contribution is 2.39. The monoisotopic (exact) mass is 826 g/mol. The number of nitrogens with zero attached hydrogens (tertiary/aromatic N) is 8. The zero-order valence-corrected chi connectivity index (χ0v) is 33.4. The van der Waals surface area contributed by atoms with Crippen LogP contribution in [-0.4, -0.2) is 123 Å². The zero-order valence-electron chi connectivity index (χ0n) is 33.4. The number of rotatable bonds is 9. The predicted octanol–water partition coefficient (Wildman–Crippen LogP) is 4.18. The van der Waals surface area contributed by atoms with Gasteiger partial charge in [0.1, 0.15) is 29.6 Å². The molecule has 3 aromatic carbocycles. The number of imide groups is 2. The van der Waals surface area contributed by atoms with Crippen LogP contribution in [0, 0.1) is 5.82 Å². The molecule has 0 spiro atoms. The second kappa shape index (κ2) is 15.4. The van der Waals surface area contributed by atoms with E-state index in [1.165, 1.54) is 25.6 Å². The van der Waals surface area contributed by atoms with E-state index in [1.54, 1.807) is 36.4 Å². The summed E-state index contributed by atoms with van der Waals surface area (Å²) < 4.78 is 27.7. The normalized spacial score (nSPS) is 22.4. The largest absolute Gasteiger partial charge is 0.494 e. The van der Waals surface area contributed by atoms with Crippen molar-refractivity contribution in [2.24, 2.45) is 0 Å². The van der Waals surface area contributed by atoms with Crippen molar-refractivity contribution < 1.29 is 33.0 Å². The third-order valence-corrected chi connectivity index (χ3v) is 12.8. The topological polar surface area (TPSA) is 181 Å². The highest BCUT2D eigenvalue weighted by atomic mass is 19.1. The summed E-state index contributed by atoms with van der Waals surface area (Å²) in [6.45, 7) is 5.59. The van der Waals surface area contributed by atoms with Crippen molar-refractivity contribution >= 4 is 46.2 Å². The maximum Gasteiger partial charge on any atom is 0.262 e. The van der Waals surface area contributed by atoms with Crippen molar-refractivity contribution in [1.29, 1.82) is 0 Å². The van der Waals surface area contributed by atoms with Gasteiger partial charge in [0.15, 0.2) is 17.1 Å². The number of nitrogen functional groups attached to an aromatic ring is 1. The summed E-state index contributed by atoms with van der Waals surface area (Å²) in [5.74, 6) is -1.92. The molecule has 5 aromatic rings. The number of fused-ring (bicyclic) bond motifs is 2. The molecule has 0 radical (unpaired) electrons. The average molecular weight is 827 g/mol. The smallest absolute Gasteiger partial charge is 0.262 e. The minimum Gasteiger partial charge on any atom is -0.494 e. The van der Waals surface area contributed by atoms with Gasteiger partial charge >= 0.3 is 0 Å². The summed E-state index contributed by atoms with van der Waals surface area (Å²) in [6.07, 6.45) is 7.94. The van der Waals surface area contributed by atoms with E-state index in [0.717, 1.165) is 87.2 Å². The van der Waals surface area contributed by atoms with Gasteiger partial charge in [0, 0.05) is 68.7 Å². The summed E-state index contributed by atoms with van der Waals surface area (Å²) in [4.78, 5) is 67.6. The number of carbonyl (C=O) groups is 4. The van der Waals surface area contributed by atoms with E-state index in [1.807, 2.05) is 22.9 Å². The van der Waals surface area contributed by atoms with Gasteiger partial charge in [-0.3, -0.25) is 39.2 Å². The SMILES string of the molecule is COc1cccc(Oc2ccc(-c3nn(C4CCC(N5CCN(C6CN(c7ccc8c(c7)C(=O)N(C7C=CC(=O)NC7=O)C8=O)C6)CC5)CC4)c4ncnc(N)c34)cc2)c1F. The van der Waals surface area contributed by atoms with Crippen LogP contribution in [0.15, 0.2) is 79.1 Å². The van der Waals surface area contributed by atoms with Gasteiger partial charge in [-0.2, -0.15) is 9.49 Å². The van der Waals surface area contributed by atoms with Crippen molar-refractivity contribution in [3.63, 3.8) is 0 Å². The first-order chi connectivity index (χ1) is 29.6. The molecule has 312 valence electrons. The molecule has 4 aliphatic heterocycles. The number of hydrogen-bond donors (Lipinski definition) is 2. The van der Waals surface area contributed by atoms with E-state index in [-0.39, 0.29) is 28.7 Å². The molecule has 61 heavy (non-hydrogen) atoms. The Morgan fingerprint density at radius 1 is 0.803 bits per heavy atom. The number of hydrogen-bond acceptors (Lipinski definition) is 13. The lowest BCUT2D eigenvalue weighted by Gasteiger charge is -2.50. The van der Waals surface area contributed by atoms with Gasteiger partial charge in [0.25, 0.3) is 17.7 Å². The van der Waals surface area contributed by atoms with Gasteiger partial charge in [-0.15, -0.1) is 0 Å². The number of ether oxygens (including phenoxy) is 2. The predicted molar refractivity (Wildman–Crippen MR) is 222 cm³/mol. The number of benzene rings is 3. The Balaban J connectivity index is 0.736. The minimum absolute atomic E-state index is 0.0678. The van der Waals surface area contributed by atoms with Crippen LogP contribution in [0.3, 0.4) is 0 Å². The van der Waals surface area contributed by atoms with Gasteiger partial charge in [0.05, 0.1) is 29.7 Å². The number of nitrogens with two attached hydrogens (primary N) is 1. The number of anilines is 2. The molecule has 2 aromatic heterocycles. The molecule has 0 bridgehead atoms. The first-order valence-corrected chi connectivity index (χ1v) is 20.5. The van der Waals surface area contributed by atoms with Gasteiger partial charge < -0.3 is 20.1 Å². The van der Waals surface area contributed by atoms with Gasteiger partial charge in [0.2, 0.25) is 11.7 Å². The molecule has 4 amide bonds. The summed E-state index contributed by atoms with van der Waals surface area (Å²) in [6, 6.07) is 17.2. The molecular formula is C44H43FN10O6. The number of aromatic nitrogens is 4. The number of halogens is 1. The average Bonchev–Trinajstić information content (AvgIpc) is 3.77. The lowest BCUT2D eigenvalue weighted by Crippen LogP contribution is -2.64. The molecular weight excluding hydrogens is 784 g/mol. The molecule has 3 fully saturated rings. The molecule has 3 N–H and O–H groups in total. The van der Waals surface area contributed by atoms with E-state index in [0.29, 0.717) is 40.4 Å². The fraction of sp³-hybridized carbons (Fsp3) is 0.341. The third kappa shape index (κ3) is 6.82. The third-order valence-electron chi connectivity index (χ3n) is 12.8. The Morgan fingerprint density at radius 3 is 2.21 bits per heavy atom. The van der Waals surface area contributed by atoms with Crippen molar-refractivity contribution in [1.82, 2.24) is 39.8 Å². The number of carbonyl (C=O) groups excluding carboxylic acids is 4. The first-order valence-electron chi connectivity index (χ1n) is 20.5. The van der Waals surface area contributed by atoms with Gasteiger partial charge in [-0.05, 0) is 86.4 Å². The number of methoxy groups -OCH3 is 1. The Kier molecular flexibility index (Phi) is 9.71. The zero-order chi connectivity index (χ0) is 41.9. The van der Waals surface area contributed by atoms with Crippen LogP contribution in [0.1, 0.15) is 52.4 Å². The highest BCUT2D eigenvalue weighted by Gasteiger charge is 2.44.